The number of fused-ring (bicyclic) bond motifs is 3. The fourth-order valence-electron chi connectivity index (χ4n) is 6.85. The van der Waals surface area contributed by atoms with Gasteiger partial charge in [-0.2, -0.15) is 0 Å². The molecule has 0 unspecified atom stereocenters. The number of hydrogen-bond donors (Lipinski definition) is 1. The number of nitrogens with one attached hydrogen (secondary N) is 1. The lowest BCUT2D eigenvalue weighted by Crippen LogP contribution is -2.48. The molecule has 0 bridgehead atoms. The predicted molar refractivity (Wildman–Crippen MR) is 165 cm³/mol. The summed E-state index contributed by atoms with van der Waals surface area (Å²) in [4.78, 5) is 60.9. The molecule has 1 saturated carbocycles. The normalized spacial score (nSPS) is 18.2. The van der Waals surface area contributed by atoms with Crippen molar-refractivity contribution >= 4 is 34.7 Å². The van der Waals surface area contributed by atoms with Crippen molar-refractivity contribution in [2.24, 2.45) is 5.92 Å². The van der Waals surface area contributed by atoms with Gasteiger partial charge in [0.25, 0.3) is 17.7 Å². The molecular formula is C35H34N4O6. The molecule has 4 amide bonds. The lowest BCUT2D eigenvalue weighted by molar-refractivity contribution is -0.140. The molecule has 1 aromatic heterocycles. The number of benzene rings is 3. The van der Waals surface area contributed by atoms with Crippen LogP contribution in [0.3, 0.4) is 0 Å². The van der Waals surface area contributed by atoms with E-state index in [1.54, 1.807) is 36.4 Å². The Hall–Kier alpha value is -4.99. The molecule has 1 atom stereocenters. The number of carbonyl (C=O) groups is 4. The van der Waals surface area contributed by atoms with Gasteiger partial charge in [0.15, 0.2) is 5.58 Å². The van der Waals surface area contributed by atoms with Crippen molar-refractivity contribution in [3.05, 3.63) is 94.9 Å². The average molecular weight is 607 g/mol. The van der Waals surface area contributed by atoms with E-state index in [9.17, 15) is 19.2 Å². The van der Waals surface area contributed by atoms with Crippen LogP contribution < -0.4 is 10.1 Å². The van der Waals surface area contributed by atoms with Crippen molar-refractivity contribution in [1.29, 1.82) is 0 Å². The van der Waals surface area contributed by atoms with Crippen LogP contribution in [0, 0.1) is 5.92 Å². The molecule has 1 fully saturated rings. The molecule has 2 aliphatic heterocycles. The Labute approximate surface area is 260 Å². The fraction of sp³-hybridized carbons (Fsp3) is 0.343. The molecule has 0 radical (unpaired) electrons. The Kier molecular flexibility index (Phi) is 7.79. The van der Waals surface area contributed by atoms with E-state index in [4.69, 9.17) is 9.15 Å². The maximum Gasteiger partial charge on any atom is 0.307 e. The maximum absolute atomic E-state index is 14.0. The van der Waals surface area contributed by atoms with E-state index >= 15 is 0 Å². The molecule has 1 aliphatic carbocycles. The minimum absolute atomic E-state index is 0.0221. The number of rotatable bonds is 8. The average Bonchev–Trinajstić information content (AvgIpc) is 3.62. The molecule has 3 aromatic carbocycles. The van der Waals surface area contributed by atoms with Crippen molar-refractivity contribution in [3.63, 3.8) is 0 Å². The summed E-state index contributed by atoms with van der Waals surface area (Å²) < 4.78 is 11.8. The van der Waals surface area contributed by atoms with Gasteiger partial charge >= 0.3 is 5.91 Å². The summed E-state index contributed by atoms with van der Waals surface area (Å²) in [5.74, 6) is -0.612. The second kappa shape index (κ2) is 12.2. The highest BCUT2D eigenvalue weighted by Crippen LogP contribution is 2.40. The molecule has 230 valence electrons. The predicted octanol–water partition coefficient (Wildman–Crippen LogP) is 4.94. The second-order valence-electron chi connectivity index (χ2n) is 11.8. The van der Waals surface area contributed by atoms with Crippen LogP contribution in [0.4, 0.5) is 0 Å². The van der Waals surface area contributed by atoms with E-state index in [1.165, 1.54) is 4.90 Å². The zero-order valence-corrected chi connectivity index (χ0v) is 24.9. The SMILES string of the molecule is O=C(NCCOc1cccc2c1[C@@H](CN1C(=O)c3ccccc3C1=O)N(C(=O)C1CCCCC1)CC2)c1nc2ccccc2o1. The van der Waals surface area contributed by atoms with E-state index in [0.29, 0.717) is 40.9 Å². The number of para-hydroxylation sites is 2. The zero-order chi connectivity index (χ0) is 30.9. The minimum Gasteiger partial charge on any atom is -0.491 e. The fourth-order valence-corrected chi connectivity index (χ4v) is 6.85. The topological polar surface area (TPSA) is 122 Å². The van der Waals surface area contributed by atoms with E-state index in [0.717, 1.165) is 43.2 Å². The van der Waals surface area contributed by atoms with Crippen LogP contribution >= 0.6 is 0 Å². The van der Waals surface area contributed by atoms with E-state index < -0.39 is 11.9 Å². The van der Waals surface area contributed by atoms with Crippen LogP contribution in [0.1, 0.15) is 80.7 Å². The summed E-state index contributed by atoms with van der Waals surface area (Å²) >= 11 is 0. The van der Waals surface area contributed by atoms with Gasteiger partial charge in [-0.25, -0.2) is 4.98 Å². The number of oxazole rings is 1. The van der Waals surface area contributed by atoms with E-state index in [-0.39, 0.29) is 49.2 Å². The van der Waals surface area contributed by atoms with Crippen molar-refractivity contribution in [1.82, 2.24) is 20.1 Å². The van der Waals surface area contributed by atoms with Crippen molar-refractivity contribution < 1.29 is 28.3 Å². The summed E-state index contributed by atoms with van der Waals surface area (Å²) in [5, 5.41) is 2.79. The highest BCUT2D eigenvalue weighted by Gasteiger charge is 2.42. The van der Waals surface area contributed by atoms with Crippen molar-refractivity contribution in [3.8, 4) is 5.75 Å². The maximum atomic E-state index is 14.0. The Morgan fingerprint density at radius 1 is 0.911 bits per heavy atom. The van der Waals surface area contributed by atoms with E-state index in [2.05, 4.69) is 10.3 Å². The number of imide groups is 1. The molecule has 0 spiro atoms. The molecule has 1 N–H and O–H groups in total. The lowest BCUT2D eigenvalue weighted by Gasteiger charge is -2.41. The first-order valence-corrected chi connectivity index (χ1v) is 15.6. The molecule has 10 heteroatoms. The number of amides is 4. The number of aromatic nitrogens is 1. The van der Waals surface area contributed by atoms with Crippen LogP contribution in [0.2, 0.25) is 0 Å². The highest BCUT2D eigenvalue weighted by molar-refractivity contribution is 6.21. The molecule has 4 aromatic rings. The molecule has 7 rings (SSSR count). The molecule has 3 aliphatic rings. The second-order valence-corrected chi connectivity index (χ2v) is 11.8. The summed E-state index contributed by atoms with van der Waals surface area (Å²) in [6.45, 7) is 0.876. The first-order chi connectivity index (χ1) is 22.0. The van der Waals surface area contributed by atoms with Gasteiger partial charge in [-0.05, 0) is 55.2 Å². The molecular weight excluding hydrogens is 572 g/mol. The Morgan fingerprint density at radius 3 is 2.40 bits per heavy atom. The lowest BCUT2D eigenvalue weighted by atomic mass is 9.85. The third-order valence-electron chi connectivity index (χ3n) is 9.09. The smallest absolute Gasteiger partial charge is 0.307 e. The summed E-state index contributed by atoms with van der Waals surface area (Å²) in [5.41, 5.74) is 3.70. The van der Waals surface area contributed by atoms with E-state index in [1.807, 2.05) is 35.2 Å². The van der Waals surface area contributed by atoms with Gasteiger partial charge in [0.2, 0.25) is 5.91 Å². The van der Waals surface area contributed by atoms with Gasteiger partial charge in [-0.3, -0.25) is 24.1 Å². The molecule has 10 nitrogen and oxygen atoms in total. The molecule has 0 saturated heterocycles. The van der Waals surface area contributed by atoms with Gasteiger partial charge < -0.3 is 19.4 Å². The molecule has 3 heterocycles. The Bertz CT molecular complexity index is 1720. The van der Waals surface area contributed by atoms with Crippen molar-refractivity contribution in [2.45, 2.75) is 44.6 Å². The first-order valence-electron chi connectivity index (χ1n) is 15.6. The molecule has 45 heavy (non-hydrogen) atoms. The van der Waals surface area contributed by atoms with Gasteiger partial charge in [0, 0.05) is 18.0 Å². The van der Waals surface area contributed by atoms with Crippen LogP contribution in [0.5, 0.6) is 5.75 Å². The Balaban J connectivity index is 1.12. The van der Waals surface area contributed by atoms with Crippen molar-refractivity contribution in [2.75, 3.05) is 26.2 Å². The van der Waals surface area contributed by atoms with Gasteiger partial charge in [0.1, 0.15) is 17.9 Å². The van der Waals surface area contributed by atoms with Gasteiger partial charge in [0.05, 0.1) is 30.3 Å². The highest BCUT2D eigenvalue weighted by atomic mass is 16.5. The van der Waals surface area contributed by atoms with Crippen LogP contribution in [-0.4, -0.2) is 64.7 Å². The first kappa shape index (κ1) is 28.8. The number of hydrogen-bond acceptors (Lipinski definition) is 7. The van der Waals surface area contributed by atoms with Crippen LogP contribution in [0.25, 0.3) is 11.1 Å². The number of nitrogens with zero attached hydrogens (tertiary/aromatic N) is 3. The van der Waals surface area contributed by atoms with Crippen LogP contribution in [-0.2, 0) is 11.2 Å². The summed E-state index contributed by atoms with van der Waals surface area (Å²) in [6.07, 6.45) is 5.50. The summed E-state index contributed by atoms with van der Waals surface area (Å²) in [6, 6.07) is 19.2. The Morgan fingerprint density at radius 2 is 1.64 bits per heavy atom. The largest absolute Gasteiger partial charge is 0.491 e. The van der Waals surface area contributed by atoms with Gasteiger partial charge in [-0.15, -0.1) is 0 Å². The zero-order valence-electron chi connectivity index (χ0n) is 24.9. The van der Waals surface area contributed by atoms with Crippen LogP contribution in [0.15, 0.2) is 71.1 Å². The standard InChI is InChI=1S/C35H34N4O6/c40-31(32-37-26-14-6-7-15-28(26)45-32)36-18-20-44-29-16-8-11-22-17-19-38(33(41)23-9-2-1-3-10-23)27(30(22)29)21-39-34(42)24-12-4-5-13-25(24)35(39)43/h4-8,11-16,23,27H,1-3,9-10,17-21H2,(H,36,40)/t27-/m1/s1. The minimum atomic E-state index is -0.559. The summed E-state index contributed by atoms with van der Waals surface area (Å²) in [7, 11) is 0. The monoisotopic (exact) mass is 606 g/mol. The third kappa shape index (κ3) is 5.45. The number of carbonyl (C=O) groups excluding carboxylic acids is 4. The third-order valence-corrected chi connectivity index (χ3v) is 9.09. The number of ether oxygens (including phenoxy) is 1. The quantitative estimate of drug-likeness (QED) is 0.223. The van der Waals surface area contributed by atoms with Gasteiger partial charge in [-0.1, -0.05) is 55.7 Å².